The molecule has 9 heteroatoms. The van der Waals surface area contributed by atoms with Gasteiger partial charge in [0.15, 0.2) is 23.0 Å². The molecule has 0 radical (unpaired) electrons. The smallest absolute Gasteiger partial charge is 0.273 e. The summed E-state index contributed by atoms with van der Waals surface area (Å²) in [5.74, 6) is -0.0579. The lowest BCUT2D eigenvalue weighted by molar-refractivity contribution is -0.203. The van der Waals surface area contributed by atoms with E-state index in [9.17, 15) is 5.11 Å². The molecule has 0 unspecified atom stereocenters. The van der Waals surface area contributed by atoms with Crippen molar-refractivity contribution >= 4 is 51.4 Å². The van der Waals surface area contributed by atoms with E-state index in [1.165, 1.54) is 0 Å². The van der Waals surface area contributed by atoms with Gasteiger partial charge in [0.25, 0.3) is 5.79 Å². The highest BCUT2D eigenvalue weighted by Crippen LogP contribution is 2.47. The van der Waals surface area contributed by atoms with Crippen LogP contribution in [0.1, 0.15) is 17.0 Å². The minimum absolute atomic E-state index is 0.489. The maximum absolute atomic E-state index is 11.5. The molecule has 0 bridgehead atoms. The van der Waals surface area contributed by atoms with Gasteiger partial charge in [-0.1, -0.05) is 5.16 Å². The predicted octanol–water partition coefficient (Wildman–Crippen LogP) is 3.88. The lowest BCUT2D eigenvalue weighted by atomic mass is 9.87. The van der Waals surface area contributed by atoms with E-state index in [0.717, 1.165) is 12.7 Å². The first-order valence-corrected chi connectivity index (χ1v) is 10.3. The fraction of sp³-hybridized carbons (Fsp3) is 0.316. The number of halogens is 2. The van der Waals surface area contributed by atoms with Gasteiger partial charge >= 0.3 is 0 Å². The van der Waals surface area contributed by atoms with Crippen molar-refractivity contribution < 1.29 is 28.9 Å². The Hall–Kier alpha value is -1.47. The molecule has 3 rings (SSSR count). The Bertz CT molecular complexity index is 920. The molecular formula is C19H19I2NO6. The standard InChI is InChI=1S/C19H19I2NO6/c1-24-15-5-10(13(20)7-17(15)26-3)12-9-22-28-19(12,23)11-6-16(25-2)18(27-4)8-14(11)21/h5-9,12,23H,1-4H3/t12-,19+/m1/s1. The zero-order valence-corrected chi connectivity index (χ0v) is 20.0. The molecule has 2 aromatic rings. The fourth-order valence-electron chi connectivity index (χ4n) is 3.07. The average molecular weight is 611 g/mol. The molecule has 7 nitrogen and oxygen atoms in total. The number of benzene rings is 2. The van der Waals surface area contributed by atoms with Gasteiger partial charge in [-0.05, 0) is 75.0 Å². The molecule has 0 fully saturated rings. The average Bonchev–Trinajstić information content (AvgIpc) is 3.09. The number of rotatable bonds is 6. The van der Waals surface area contributed by atoms with Crippen LogP contribution in [-0.2, 0) is 10.6 Å². The van der Waals surface area contributed by atoms with E-state index >= 15 is 0 Å². The first-order valence-electron chi connectivity index (χ1n) is 8.17. The Morgan fingerprint density at radius 2 is 1.36 bits per heavy atom. The van der Waals surface area contributed by atoms with Crippen molar-refractivity contribution in [1.82, 2.24) is 0 Å². The van der Waals surface area contributed by atoms with Crippen LogP contribution in [0.4, 0.5) is 0 Å². The monoisotopic (exact) mass is 611 g/mol. The molecule has 0 aromatic heterocycles. The number of nitrogens with zero attached hydrogens (tertiary/aromatic N) is 1. The Labute approximate surface area is 190 Å². The minimum Gasteiger partial charge on any atom is -0.493 e. The molecule has 0 saturated carbocycles. The first-order chi connectivity index (χ1) is 13.4. The van der Waals surface area contributed by atoms with Crippen LogP contribution in [0, 0.1) is 7.14 Å². The summed E-state index contributed by atoms with van der Waals surface area (Å²) in [7, 11) is 6.25. The van der Waals surface area contributed by atoms with Crippen LogP contribution in [0.25, 0.3) is 0 Å². The number of oxime groups is 1. The molecule has 2 aromatic carbocycles. The Kier molecular flexibility index (Phi) is 6.44. The summed E-state index contributed by atoms with van der Waals surface area (Å²) < 4.78 is 23.1. The Morgan fingerprint density at radius 3 is 1.93 bits per heavy atom. The van der Waals surface area contributed by atoms with Gasteiger partial charge in [-0.25, -0.2) is 0 Å². The summed E-state index contributed by atoms with van der Waals surface area (Å²) in [6.07, 6.45) is 1.58. The molecule has 0 amide bonds. The number of methoxy groups -OCH3 is 4. The molecule has 1 heterocycles. The molecule has 1 aliphatic rings. The molecule has 2 atom stereocenters. The van der Waals surface area contributed by atoms with E-state index in [4.69, 9.17) is 23.8 Å². The van der Waals surface area contributed by atoms with E-state index in [1.807, 2.05) is 12.1 Å². The summed E-state index contributed by atoms with van der Waals surface area (Å²) in [4.78, 5) is 5.48. The van der Waals surface area contributed by atoms with E-state index < -0.39 is 11.7 Å². The molecule has 28 heavy (non-hydrogen) atoms. The highest BCUT2D eigenvalue weighted by molar-refractivity contribution is 14.1. The normalized spacial score (nSPS) is 20.6. The van der Waals surface area contributed by atoms with Crippen molar-refractivity contribution in [3.63, 3.8) is 0 Å². The van der Waals surface area contributed by atoms with E-state index in [1.54, 1.807) is 46.8 Å². The van der Waals surface area contributed by atoms with Crippen molar-refractivity contribution in [2.75, 3.05) is 28.4 Å². The summed E-state index contributed by atoms with van der Waals surface area (Å²) in [6.45, 7) is 0. The fourth-order valence-corrected chi connectivity index (χ4v) is 4.67. The van der Waals surface area contributed by atoms with Crippen molar-refractivity contribution in [1.29, 1.82) is 0 Å². The molecule has 1 aliphatic heterocycles. The van der Waals surface area contributed by atoms with Crippen LogP contribution in [-0.4, -0.2) is 39.8 Å². The van der Waals surface area contributed by atoms with Gasteiger partial charge in [-0.2, -0.15) is 0 Å². The van der Waals surface area contributed by atoms with Crippen molar-refractivity contribution in [3.8, 4) is 23.0 Å². The highest BCUT2D eigenvalue weighted by atomic mass is 127. The summed E-state index contributed by atoms with van der Waals surface area (Å²) in [5.41, 5.74) is 1.33. The lowest BCUT2D eigenvalue weighted by Gasteiger charge is -2.29. The van der Waals surface area contributed by atoms with Crippen molar-refractivity contribution in [3.05, 3.63) is 42.5 Å². The van der Waals surface area contributed by atoms with Gasteiger partial charge in [0.05, 0.1) is 40.6 Å². The van der Waals surface area contributed by atoms with Gasteiger partial charge in [-0.3, -0.25) is 0 Å². The Morgan fingerprint density at radius 1 is 0.857 bits per heavy atom. The zero-order valence-electron chi connectivity index (χ0n) is 15.7. The third kappa shape index (κ3) is 3.59. The quantitative estimate of drug-likeness (QED) is 0.501. The van der Waals surface area contributed by atoms with E-state index in [0.29, 0.717) is 28.6 Å². The molecule has 0 spiro atoms. The maximum atomic E-state index is 11.5. The second kappa shape index (κ2) is 8.49. The number of aliphatic hydroxyl groups is 1. The summed E-state index contributed by atoms with van der Waals surface area (Å²) in [5, 5.41) is 15.5. The molecule has 1 N–H and O–H groups in total. The largest absolute Gasteiger partial charge is 0.493 e. The molecule has 0 aliphatic carbocycles. The van der Waals surface area contributed by atoms with Gasteiger partial charge in [0.1, 0.15) is 0 Å². The van der Waals surface area contributed by atoms with Gasteiger partial charge < -0.3 is 28.9 Å². The van der Waals surface area contributed by atoms with E-state index in [2.05, 4.69) is 50.3 Å². The topological polar surface area (TPSA) is 78.7 Å². The van der Waals surface area contributed by atoms with Crippen LogP contribution in [0.5, 0.6) is 23.0 Å². The van der Waals surface area contributed by atoms with Gasteiger partial charge in [-0.15, -0.1) is 0 Å². The van der Waals surface area contributed by atoms with Crippen LogP contribution in [0.2, 0.25) is 0 Å². The number of ether oxygens (including phenoxy) is 4. The van der Waals surface area contributed by atoms with Crippen LogP contribution < -0.4 is 18.9 Å². The predicted molar refractivity (Wildman–Crippen MR) is 121 cm³/mol. The lowest BCUT2D eigenvalue weighted by Crippen LogP contribution is -2.33. The second-order valence-corrected chi connectivity index (χ2v) is 8.26. The van der Waals surface area contributed by atoms with Crippen molar-refractivity contribution in [2.24, 2.45) is 5.16 Å². The van der Waals surface area contributed by atoms with Crippen LogP contribution in [0.3, 0.4) is 0 Å². The molecule has 150 valence electrons. The molecule has 0 saturated heterocycles. The first kappa shape index (κ1) is 21.2. The van der Waals surface area contributed by atoms with Crippen LogP contribution >= 0.6 is 45.2 Å². The van der Waals surface area contributed by atoms with Crippen LogP contribution in [0.15, 0.2) is 29.4 Å². The van der Waals surface area contributed by atoms with Crippen molar-refractivity contribution in [2.45, 2.75) is 11.7 Å². The molecular weight excluding hydrogens is 592 g/mol. The maximum Gasteiger partial charge on any atom is 0.273 e. The third-order valence-corrected chi connectivity index (χ3v) is 6.35. The SMILES string of the molecule is COc1cc(I)c([C@H]2C=NO[C@@]2(O)c2cc(OC)c(OC)cc2I)cc1OC. The number of hydrogen-bond acceptors (Lipinski definition) is 7. The van der Waals surface area contributed by atoms with Gasteiger partial charge in [0, 0.05) is 12.7 Å². The number of hydrogen-bond donors (Lipinski definition) is 1. The second-order valence-electron chi connectivity index (χ2n) is 5.94. The summed E-state index contributed by atoms with van der Waals surface area (Å²) in [6, 6.07) is 7.16. The van der Waals surface area contributed by atoms with Gasteiger partial charge in [0.2, 0.25) is 0 Å². The Balaban J connectivity index is 2.14. The zero-order chi connectivity index (χ0) is 20.5. The highest BCUT2D eigenvalue weighted by Gasteiger charge is 2.48. The summed E-state index contributed by atoms with van der Waals surface area (Å²) >= 11 is 4.32. The third-order valence-electron chi connectivity index (χ3n) is 4.52. The van der Waals surface area contributed by atoms with E-state index in [-0.39, 0.29) is 0 Å². The minimum atomic E-state index is -1.71.